The summed E-state index contributed by atoms with van der Waals surface area (Å²) in [6.45, 7) is 4.08. The molecule has 2 aliphatic rings. The highest BCUT2D eigenvalue weighted by Crippen LogP contribution is 2.28. The van der Waals surface area contributed by atoms with Crippen LogP contribution >= 0.6 is 0 Å². The molecule has 0 spiro atoms. The van der Waals surface area contributed by atoms with Gasteiger partial charge in [-0.25, -0.2) is 0 Å². The molecule has 1 heterocycles. The maximum atomic E-state index is 12.3. The summed E-state index contributed by atoms with van der Waals surface area (Å²) in [7, 11) is 4.22. The van der Waals surface area contributed by atoms with Gasteiger partial charge in [0.1, 0.15) is 0 Å². The predicted molar refractivity (Wildman–Crippen MR) is 82.4 cm³/mol. The molecule has 2 rings (SSSR count). The lowest BCUT2D eigenvalue weighted by Gasteiger charge is -2.26. The van der Waals surface area contributed by atoms with Gasteiger partial charge in [0.05, 0.1) is 0 Å². The molecule has 0 aromatic carbocycles. The van der Waals surface area contributed by atoms with Gasteiger partial charge < -0.3 is 15.5 Å². The summed E-state index contributed by atoms with van der Waals surface area (Å²) in [6.07, 6.45) is 6.50. The van der Waals surface area contributed by atoms with Gasteiger partial charge in [0, 0.05) is 31.6 Å². The van der Waals surface area contributed by atoms with Crippen LogP contribution in [0.3, 0.4) is 0 Å². The monoisotopic (exact) mass is 281 g/mol. The zero-order valence-electron chi connectivity index (χ0n) is 13.3. The fraction of sp³-hybridized carbons (Fsp3) is 0.938. The molecule has 1 amide bonds. The van der Waals surface area contributed by atoms with E-state index in [0.29, 0.717) is 23.9 Å². The molecule has 4 nitrogen and oxygen atoms in total. The van der Waals surface area contributed by atoms with Gasteiger partial charge in [0.25, 0.3) is 0 Å². The average molecular weight is 281 g/mol. The van der Waals surface area contributed by atoms with Crippen molar-refractivity contribution in [3.63, 3.8) is 0 Å². The van der Waals surface area contributed by atoms with Crippen LogP contribution in [-0.2, 0) is 4.79 Å². The Bertz CT molecular complexity index is 324. The average Bonchev–Trinajstić information content (AvgIpc) is 2.80. The maximum absolute atomic E-state index is 12.3. The Balaban J connectivity index is 1.73. The molecule has 2 atom stereocenters. The van der Waals surface area contributed by atoms with E-state index in [9.17, 15) is 4.79 Å². The summed E-state index contributed by atoms with van der Waals surface area (Å²) in [5, 5.41) is 0. The van der Waals surface area contributed by atoms with Crippen molar-refractivity contribution >= 4 is 5.91 Å². The van der Waals surface area contributed by atoms with Crippen LogP contribution in [-0.4, -0.2) is 55.0 Å². The summed E-state index contributed by atoms with van der Waals surface area (Å²) in [5.74, 6) is 1.67. The minimum atomic E-state index is 0.357. The van der Waals surface area contributed by atoms with E-state index >= 15 is 0 Å². The Hall–Kier alpha value is -0.610. The normalized spacial score (nSPS) is 34.8. The van der Waals surface area contributed by atoms with Crippen molar-refractivity contribution in [1.82, 2.24) is 9.80 Å². The molecular weight excluding hydrogens is 250 g/mol. The second-order valence-electron chi connectivity index (χ2n) is 7.13. The number of carbonyl (C=O) groups is 1. The van der Waals surface area contributed by atoms with Crippen molar-refractivity contribution in [1.29, 1.82) is 0 Å². The molecule has 20 heavy (non-hydrogen) atoms. The predicted octanol–water partition coefficient (Wildman–Crippen LogP) is 1.69. The van der Waals surface area contributed by atoms with Gasteiger partial charge in [0.2, 0.25) is 5.91 Å². The molecular formula is C16H31N3O. The van der Waals surface area contributed by atoms with Crippen molar-refractivity contribution in [2.75, 3.05) is 27.2 Å². The van der Waals surface area contributed by atoms with Crippen molar-refractivity contribution in [2.24, 2.45) is 17.6 Å². The van der Waals surface area contributed by atoms with E-state index in [0.717, 1.165) is 44.7 Å². The zero-order valence-corrected chi connectivity index (χ0v) is 13.3. The smallest absolute Gasteiger partial charge is 0.222 e. The summed E-state index contributed by atoms with van der Waals surface area (Å²) in [4.78, 5) is 16.7. The highest BCUT2D eigenvalue weighted by Gasteiger charge is 2.33. The summed E-state index contributed by atoms with van der Waals surface area (Å²) >= 11 is 0. The summed E-state index contributed by atoms with van der Waals surface area (Å²) < 4.78 is 0. The molecule has 2 unspecified atom stereocenters. The van der Waals surface area contributed by atoms with Crippen molar-refractivity contribution in [3.05, 3.63) is 0 Å². The van der Waals surface area contributed by atoms with Crippen LogP contribution in [0.4, 0.5) is 0 Å². The molecule has 0 radical (unpaired) electrons. The third-order valence-electron chi connectivity index (χ3n) is 5.25. The van der Waals surface area contributed by atoms with E-state index in [1.54, 1.807) is 0 Å². The Morgan fingerprint density at radius 3 is 2.40 bits per heavy atom. The molecule has 1 aliphatic carbocycles. The van der Waals surface area contributed by atoms with Gasteiger partial charge in [-0.2, -0.15) is 0 Å². The molecule has 0 aromatic heterocycles. The maximum Gasteiger partial charge on any atom is 0.222 e. The number of likely N-dealkylation sites (tertiary alicyclic amines) is 1. The standard InChI is InChI=1S/C16H31N3O/c1-12-10-19(11-15(12)18(2)3)16(20)9-6-13-4-7-14(17)8-5-13/h12-15H,4-11,17H2,1-3H3. The Morgan fingerprint density at radius 2 is 1.85 bits per heavy atom. The lowest BCUT2D eigenvalue weighted by atomic mass is 9.84. The number of amides is 1. The first-order valence-electron chi connectivity index (χ1n) is 8.17. The van der Waals surface area contributed by atoms with Crippen LogP contribution in [0.25, 0.3) is 0 Å². The number of carbonyl (C=O) groups excluding carboxylic acids is 1. The van der Waals surface area contributed by atoms with E-state index in [-0.39, 0.29) is 0 Å². The van der Waals surface area contributed by atoms with Gasteiger partial charge in [-0.15, -0.1) is 0 Å². The molecule has 1 saturated carbocycles. The first-order chi connectivity index (χ1) is 9.47. The molecule has 4 heteroatoms. The van der Waals surface area contributed by atoms with Crippen LogP contribution < -0.4 is 5.73 Å². The highest BCUT2D eigenvalue weighted by molar-refractivity contribution is 5.76. The van der Waals surface area contributed by atoms with E-state index in [1.165, 1.54) is 12.8 Å². The molecule has 0 aromatic rings. The van der Waals surface area contributed by atoms with Gasteiger partial charge in [-0.1, -0.05) is 6.92 Å². The Morgan fingerprint density at radius 1 is 1.20 bits per heavy atom. The number of hydrogen-bond acceptors (Lipinski definition) is 3. The molecule has 1 saturated heterocycles. The third-order valence-corrected chi connectivity index (χ3v) is 5.25. The van der Waals surface area contributed by atoms with Gasteiger partial charge >= 0.3 is 0 Å². The quantitative estimate of drug-likeness (QED) is 0.853. The van der Waals surface area contributed by atoms with Crippen LogP contribution in [0.5, 0.6) is 0 Å². The third kappa shape index (κ3) is 3.95. The summed E-state index contributed by atoms with van der Waals surface area (Å²) in [6, 6.07) is 0.925. The van der Waals surface area contributed by atoms with Crippen molar-refractivity contribution < 1.29 is 4.79 Å². The van der Waals surface area contributed by atoms with E-state index in [2.05, 4.69) is 30.8 Å². The fourth-order valence-corrected chi connectivity index (χ4v) is 3.79. The fourth-order valence-electron chi connectivity index (χ4n) is 3.79. The SMILES string of the molecule is CC1CN(C(=O)CCC2CCC(N)CC2)CC1N(C)C. The van der Waals surface area contributed by atoms with Crippen molar-refractivity contribution in [2.45, 2.75) is 57.5 Å². The molecule has 2 fully saturated rings. The van der Waals surface area contributed by atoms with E-state index < -0.39 is 0 Å². The van der Waals surface area contributed by atoms with Crippen LogP contribution in [0.2, 0.25) is 0 Å². The van der Waals surface area contributed by atoms with Crippen LogP contribution in [0.1, 0.15) is 45.4 Å². The number of hydrogen-bond donors (Lipinski definition) is 1. The molecule has 116 valence electrons. The van der Waals surface area contributed by atoms with Crippen LogP contribution in [0.15, 0.2) is 0 Å². The first-order valence-corrected chi connectivity index (χ1v) is 8.17. The topological polar surface area (TPSA) is 49.6 Å². The van der Waals surface area contributed by atoms with Gasteiger partial charge in [0.15, 0.2) is 0 Å². The number of nitrogens with zero attached hydrogens (tertiary/aromatic N) is 2. The largest absolute Gasteiger partial charge is 0.341 e. The number of rotatable bonds is 4. The number of likely N-dealkylation sites (N-methyl/N-ethyl adjacent to an activating group) is 1. The molecule has 0 bridgehead atoms. The van der Waals surface area contributed by atoms with Crippen molar-refractivity contribution in [3.8, 4) is 0 Å². The minimum Gasteiger partial charge on any atom is -0.341 e. The van der Waals surface area contributed by atoms with Gasteiger partial charge in [-0.05, 0) is 58.0 Å². The zero-order chi connectivity index (χ0) is 14.7. The number of nitrogens with two attached hydrogens (primary N) is 1. The lowest BCUT2D eigenvalue weighted by molar-refractivity contribution is -0.130. The summed E-state index contributed by atoms with van der Waals surface area (Å²) in [5.41, 5.74) is 5.93. The minimum absolute atomic E-state index is 0.357. The Labute approximate surface area is 123 Å². The van der Waals surface area contributed by atoms with E-state index in [1.807, 2.05) is 0 Å². The highest BCUT2D eigenvalue weighted by atomic mass is 16.2. The molecule has 1 aliphatic heterocycles. The lowest BCUT2D eigenvalue weighted by Crippen LogP contribution is -2.36. The van der Waals surface area contributed by atoms with Crippen LogP contribution in [0, 0.1) is 11.8 Å². The van der Waals surface area contributed by atoms with E-state index in [4.69, 9.17) is 5.73 Å². The second-order valence-corrected chi connectivity index (χ2v) is 7.13. The van der Waals surface area contributed by atoms with Gasteiger partial charge in [-0.3, -0.25) is 4.79 Å². The Kier molecular flexibility index (Phi) is 5.44. The first kappa shape index (κ1) is 15.8. The molecule has 2 N–H and O–H groups in total. The second kappa shape index (κ2) is 6.90.